The number of amides is 3. The Hall–Kier alpha value is -5.95. The van der Waals surface area contributed by atoms with Crippen LogP contribution in [-0.2, 0) is 54.9 Å². The van der Waals surface area contributed by atoms with Crippen molar-refractivity contribution in [2.24, 2.45) is 27.1 Å². The minimum atomic E-state index is -1.05. The van der Waals surface area contributed by atoms with Crippen LogP contribution in [0.3, 0.4) is 0 Å². The lowest BCUT2D eigenvalue weighted by atomic mass is 10.0. The number of rotatable bonds is 20. The molecule has 1 aliphatic rings. The van der Waals surface area contributed by atoms with Crippen LogP contribution >= 0.6 is 67.8 Å². The van der Waals surface area contributed by atoms with E-state index < -0.39 is 37.2 Å². The third-order valence-corrected chi connectivity index (χ3v) is 16.4. The predicted molar refractivity (Wildman–Crippen MR) is 341 cm³/mol. The van der Waals surface area contributed by atoms with Crippen LogP contribution in [0.2, 0.25) is 0 Å². The highest BCUT2D eigenvalue weighted by Crippen LogP contribution is 2.32. The zero-order chi connectivity index (χ0) is 59.5. The zero-order valence-electron chi connectivity index (χ0n) is 46.8. The number of nitrogens with one attached hydrogen (secondary N) is 3. The van der Waals surface area contributed by atoms with Gasteiger partial charge in [0.05, 0.1) is 36.5 Å². The maximum absolute atomic E-state index is 12.9. The molecule has 0 radical (unpaired) electrons. The van der Waals surface area contributed by atoms with Crippen LogP contribution in [0, 0.1) is 37.4 Å². The molecule has 1 fully saturated rings. The number of hydrogen-bond donors (Lipinski definition) is 7. The van der Waals surface area contributed by atoms with E-state index in [4.69, 9.17) is 24.7 Å². The molecule has 83 heavy (non-hydrogen) atoms. The number of aliphatic hydroxyl groups is 4. The van der Waals surface area contributed by atoms with E-state index in [2.05, 4.69) is 162 Å². The molecule has 436 valence electrons. The first-order valence-corrected chi connectivity index (χ1v) is 30.0. The lowest BCUT2D eigenvalue weighted by Crippen LogP contribution is -2.30. The van der Waals surface area contributed by atoms with E-state index in [1.807, 2.05) is 71.2 Å². The predicted octanol–water partition coefficient (Wildman–Crippen LogP) is 8.33. The summed E-state index contributed by atoms with van der Waals surface area (Å²) in [6.45, 7) is 5.52. The van der Waals surface area contributed by atoms with Crippen molar-refractivity contribution in [1.29, 1.82) is 0 Å². The molecule has 0 unspecified atom stereocenters. The SMILES string of the molecule is Cc1cc(I)ccc1Cc1c(C(=O)NOCC2CC2)c2cccnc2n1C.Cc1cc(I)ccc1Cc1c(C(=O)NOC[C@@H](O)CO)c2cccnc2n1C.Cc1cc(I)ccc1Cc1c(C(=O)NOC[C@H](O)CO)c2cccnc2n1C. The molecule has 0 spiro atoms. The third kappa shape index (κ3) is 15.7. The smallest absolute Gasteiger partial charge is 0.277 e. The van der Waals surface area contributed by atoms with Gasteiger partial charge in [-0.15, -0.1) is 0 Å². The quantitative estimate of drug-likeness (QED) is 0.0280. The van der Waals surface area contributed by atoms with Crippen LogP contribution in [0.5, 0.6) is 0 Å². The topological polar surface area (TPSA) is 249 Å². The second kappa shape index (κ2) is 29.2. The van der Waals surface area contributed by atoms with Gasteiger partial charge >= 0.3 is 0 Å². The van der Waals surface area contributed by atoms with Crippen LogP contribution in [0.25, 0.3) is 33.1 Å². The van der Waals surface area contributed by atoms with Gasteiger partial charge in [0.15, 0.2) is 0 Å². The fourth-order valence-corrected chi connectivity index (χ4v) is 11.5. The number of carbonyl (C=O) groups is 3. The van der Waals surface area contributed by atoms with Crippen molar-refractivity contribution in [3.63, 3.8) is 0 Å². The van der Waals surface area contributed by atoms with E-state index in [0.29, 0.717) is 59.8 Å². The summed E-state index contributed by atoms with van der Waals surface area (Å²) in [7, 11) is 5.74. The molecule has 22 heteroatoms. The summed E-state index contributed by atoms with van der Waals surface area (Å²) >= 11 is 6.87. The molecule has 2 atom stereocenters. The van der Waals surface area contributed by atoms with Gasteiger partial charge in [0.25, 0.3) is 17.7 Å². The summed E-state index contributed by atoms with van der Waals surface area (Å²) in [6, 6.07) is 29.9. The first-order chi connectivity index (χ1) is 39.9. The minimum Gasteiger partial charge on any atom is -0.394 e. The van der Waals surface area contributed by atoms with Crippen LogP contribution in [0.4, 0.5) is 0 Å². The molecule has 9 aromatic rings. The van der Waals surface area contributed by atoms with Crippen LogP contribution < -0.4 is 16.4 Å². The number of carbonyl (C=O) groups excluding carboxylic acids is 3. The van der Waals surface area contributed by atoms with Gasteiger partial charge in [-0.05, 0) is 213 Å². The van der Waals surface area contributed by atoms with E-state index in [1.165, 1.54) is 27.5 Å². The molecule has 0 saturated heterocycles. The van der Waals surface area contributed by atoms with Crippen LogP contribution in [0.15, 0.2) is 110 Å². The average molecular weight is 1470 g/mol. The molecule has 1 saturated carbocycles. The number of pyridine rings is 3. The summed E-state index contributed by atoms with van der Waals surface area (Å²) in [5, 5.41) is 38.8. The number of fused-ring (bicyclic) bond motifs is 3. The molecule has 1 aliphatic carbocycles. The molecule has 10 rings (SSSR count). The minimum absolute atomic E-state index is 0.198. The normalized spacial score (nSPS) is 12.8. The van der Waals surface area contributed by atoms with Crippen molar-refractivity contribution < 1.29 is 49.3 Å². The maximum Gasteiger partial charge on any atom is 0.277 e. The van der Waals surface area contributed by atoms with E-state index in [9.17, 15) is 24.6 Å². The van der Waals surface area contributed by atoms with Crippen molar-refractivity contribution in [3.8, 4) is 0 Å². The van der Waals surface area contributed by atoms with E-state index >= 15 is 0 Å². The van der Waals surface area contributed by atoms with Crippen molar-refractivity contribution in [1.82, 2.24) is 45.1 Å². The Balaban J connectivity index is 0.000000163. The largest absolute Gasteiger partial charge is 0.394 e. The van der Waals surface area contributed by atoms with E-state index in [1.54, 1.807) is 30.7 Å². The van der Waals surface area contributed by atoms with Gasteiger partial charge in [-0.3, -0.25) is 28.9 Å². The third-order valence-electron chi connectivity index (χ3n) is 14.4. The number of halogens is 3. The Labute approximate surface area is 521 Å². The fraction of sp³-hybridized carbons (Fsp3) is 0.311. The Morgan fingerprint density at radius 1 is 0.530 bits per heavy atom. The van der Waals surface area contributed by atoms with Crippen molar-refractivity contribution in [3.05, 3.63) is 187 Å². The molecule has 3 aromatic carbocycles. The first kappa shape index (κ1) is 63.1. The molecule has 0 bridgehead atoms. The number of nitrogens with zero attached hydrogens (tertiary/aromatic N) is 6. The van der Waals surface area contributed by atoms with Crippen LogP contribution in [-0.4, -0.2) is 112 Å². The van der Waals surface area contributed by atoms with E-state index in [0.717, 1.165) is 68.3 Å². The second-order valence-corrected chi connectivity index (χ2v) is 24.1. The summed E-state index contributed by atoms with van der Waals surface area (Å²) in [6.07, 6.45) is 7.21. The number of aryl methyl sites for hydroxylation is 6. The number of benzene rings is 3. The van der Waals surface area contributed by atoms with Crippen LogP contribution in [0.1, 0.15) is 94.4 Å². The van der Waals surface area contributed by atoms with Gasteiger partial charge in [0.2, 0.25) is 0 Å². The molecular weight excluding hydrogens is 1400 g/mol. The fourth-order valence-electron chi connectivity index (χ4n) is 9.60. The Bertz CT molecular complexity index is 3620. The highest BCUT2D eigenvalue weighted by Gasteiger charge is 2.27. The standard InChI is InChI=1S/C21H22IN3O2.2C20H22IN3O4/c1-13-10-16(22)8-7-15(13)11-18-19(21(26)24-27-12-14-5-6-14)17-4-3-9-23-20(17)25(18)2;2*1-12-8-14(21)6-5-13(12)9-17-18(20(27)23-28-11-15(26)10-25)16-4-3-7-22-19(16)24(17)2/h3-4,7-10,14H,5-6,11-12H2,1-2H3,(H,24,26);2*3-8,15,25-26H,9-11H2,1-2H3,(H,23,27)/t;2*15-/m.10/s1. The molecular formula is C61H66I3N9O10. The maximum atomic E-state index is 12.9. The Morgan fingerprint density at radius 2 is 0.843 bits per heavy atom. The number of aromatic nitrogens is 6. The molecule has 6 aromatic heterocycles. The molecule has 6 heterocycles. The Kier molecular flexibility index (Phi) is 22.2. The van der Waals surface area contributed by atoms with Gasteiger partial charge in [-0.2, -0.15) is 0 Å². The first-order valence-electron chi connectivity index (χ1n) is 26.7. The number of aliphatic hydroxyl groups excluding tert-OH is 4. The zero-order valence-corrected chi connectivity index (χ0v) is 53.2. The summed E-state index contributed by atoms with van der Waals surface area (Å²) < 4.78 is 9.38. The molecule has 3 amide bonds. The highest BCUT2D eigenvalue weighted by atomic mass is 127. The van der Waals surface area contributed by atoms with E-state index in [-0.39, 0.29) is 19.1 Å². The van der Waals surface area contributed by atoms with Crippen molar-refractivity contribution in [2.75, 3.05) is 33.0 Å². The monoisotopic (exact) mass is 1470 g/mol. The molecule has 19 nitrogen and oxygen atoms in total. The Morgan fingerprint density at radius 3 is 1.13 bits per heavy atom. The van der Waals surface area contributed by atoms with Gasteiger partial charge in [0, 0.05) is 103 Å². The lowest BCUT2D eigenvalue weighted by molar-refractivity contribution is -0.0296. The van der Waals surface area contributed by atoms with Gasteiger partial charge in [0.1, 0.15) is 42.4 Å². The second-order valence-electron chi connectivity index (χ2n) is 20.4. The highest BCUT2D eigenvalue weighted by molar-refractivity contribution is 14.1. The van der Waals surface area contributed by atoms with Gasteiger partial charge in [-0.25, -0.2) is 31.4 Å². The number of hydroxylamine groups is 3. The summed E-state index contributed by atoms with van der Waals surface area (Å²) in [5.74, 6) is -0.440. The average Bonchev–Trinajstić information content (AvgIpc) is 3.66. The summed E-state index contributed by atoms with van der Waals surface area (Å²) in [5.41, 5.74) is 20.8. The summed E-state index contributed by atoms with van der Waals surface area (Å²) in [4.78, 5) is 67.6. The number of hydrogen-bond acceptors (Lipinski definition) is 13. The van der Waals surface area contributed by atoms with Crippen molar-refractivity contribution >= 4 is 119 Å². The van der Waals surface area contributed by atoms with Gasteiger partial charge in [-0.1, -0.05) is 18.2 Å². The van der Waals surface area contributed by atoms with Crippen molar-refractivity contribution in [2.45, 2.75) is 65.1 Å². The van der Waals surface area contributed by atoms with Gasteiger partial charge < -0.3 is 34.1 Å². The molecule has 7 N–H and O–H groups in total. The lowest BCUT2D eigenvalue weighted by Gasteiger charge is -2.12. The molecule has 0 aliphatic heterocycles.